The van der Waals surface area contributed by atoms with Gasteiger partial charge < -0.3 is 4.74 Å². The van der Waals surface area contributed by atoms with Crippen molar-refractivity contribution in [1.29, 1.82) is 0 Å². The van der Waals surface area contributed by atoms with Gasteiger partial charge in [-0.2, -0.15) is 0 Å². The van der Waals surface area contributed by atoms with Crippen molar-refractivity contribution >= 4 is 55.4 Å². The van der Waals surface area contributed by atoms with E-state index in [2.05, 4.69) is 31.9 Å². The number of halogens is 3. The number of rotatable bonds is 4. The lowest BCUT2D eigenvalue weighted by molar-refractivity contribution is -0.385. The van der Waals surface area contributed by atoms with Gasteiger partial charge in [0, 0.05) is 17.2 Å². The SMILES string of the molecule is O=Cc1cc(Cl)ccc1Oc1c(Br)cc([N+](=O)[O-])cc1Br. The van der Waals surface area contributed by atoms with Crippen LogP contribution in [0.3, 0.4) is 0 Å². The van der Waals surface area contributed by atoms with Gasteiger partial charge in [0.25, 0.3) is 5.69 Å². The predicted octanol–water partition coefficient (Wildman–Crippen LogP) is 5.38. The van der Waals surface area contributed by atoms with E-state index in [4.69, 9.17) is 16.3 Å². The number of nitrogens with zero attached hydrogens (tertiary/aromatic N) is 1. The summed E-state index contributed by atoms with van der Waals surface area (Å²) in [5, 5.41) is 11.2. The van der Waals surface area contributed by atoms with Crippen LogP contribution in [0.2, 0.25) is 5.02 Å². The highest BCUT2D eigenvalue weighted by molar-refractivity contribution is 9.11. The summed E-state index contributed by atoms with van der Waals surface area (Å²) in [7, 11) is 0. The molecule has 2 aromatic rings. The summed E-state index contributed by atoms with van der Waals surface area (Å²) in [5.74, 6) is 0.621. The van der Waals surface area contributed by atoms with Crippen LogP contribution in [0, 0.1) is 10.1 Å². The Morgan fingerprint density at radius 2 is 1.81 bits per heavy atom. The van der Waals surface area contributed by atoms with Gasteiger partial charge in [-0.15, -0.1) is 0 Å². The first-order valence-electron chi connectivity index (χ1n) is 5.48. The number of non-ortho nitro benzene ring substituents is 1. The summed E-state index contributed by atoms with van der Waals surface area (Å²) in [6.07, 6.45) is 0.619. The zero-order valence-corrected chi connectivity index (χ0v) is 14.1. The number of aldehydes is 1. The molecule has 0 N–H and O–H groups in total. The number of carbonyl (C=O) groups excluding carboxylic acids is 1. The van der Waals surface area contributed by atoms with E-state index in [9.17, 15) is 14.9 Å². The zero-order valence-electron chi connectivity index (χ0n) is 10.2. The molecule has 0 heterocycles. The van der Waals surface area contributed by atoms with Gasteiger partial charge in [0.1, 0.15) is 5.75 Å². The number of ether oxygens (including phenoxy) is 1. The van der Waals surface area contributed by atoms with Crippen molar-refractivity contribution in [2.24, 2.45) is 0 Å². The number of benzene rings is 2. The van der Waals surface area contributed by atoms with Gasteiger partial charge in [-0.1, -0.05) is 11.6 Å². The highest BCUT2D eigenvalue weighted by Crippen LogP contribution is 2.40. The summed E-state index contributed by atoms with van der Waals surface area (Å²) >= 11 is 12.2. The van der Waals surface area contributed by atoms with Gasteiger partial charge in [-0.3, -0.25) is 14.9 Å². The van der Waals surface area contributed by atoms with E-state index < -0.39 is 4.92 Å². The van der Waals surface area contributed by atoms with Crippen LogP contribution in [0.25, 0.3) is 0 Å². The Labute approximate surface area is 141 Å². The van der Waals surface area contributed by atoms with Crippen LogP contribution in [0.15, 0.2) is 39.3 Å². The molecule has 0 fully saturated rings. The van der Waals surface area contributed by atoms with Gasteiger partial charge in [0.05, 0.1) is 19.4 Å². The Hall–Kier alpha value is -1.44. The molecular formula is C13H6Br2ClNO4. The molecule has 108 valence electrons. The number of hydrogen-bond acceptors (Lipinski definition) is 4. The molecule has 0 amide bonds. The van der Waals surface area contributed by atoms with Gasteiger partial charge in [-0.05, 0) is 50.1 Å². The normalized spacial score (nSPS) is 10.2. The smallest absolute Gasteiger partial charge is 0.271 e. The van der Waals surface area contributed by atoms with Crippen LogP contribution in [0.5, 0.6) is 11.5 Å². The zero-order chi connectivity index (χ0) is 15.6. The molecule has 0 radical (unpaired) electrons. The van der Waals surface area contributed by atoms with E-state index in [0.717, 1.165) is 0 Å². The van der Waals surface area contributed by atoms with E-state index >= 15 is 0 Å². The lowest BCUT2D eigenvalue weighted by Crippen LogP contribution is -1.94. The molecule has 5 nitrogen and oxygen atoms in total. The van der Waals surface area contributed by atoms with E-state index in [0.29, 0.717) is 31.8 Å². The molecule has 21 heavy (non-hydrogen) atoms. The molecule has 0 unspecified atom stereocenters. The fourth-order valence-electron chi connectivity index (χ4n) is 1.56. The molecule has 2 rings (SSSR count). The van der Waals surface area contributed by atoms with Gasteiger partial charge >= 0.3 is 0 Å². The molecule has 0 atom stereocenters. The van der Waals surface area contributed by atoms with Crippen LogP contribution in [-0.2, 0) is 0 Å². The Balaban J connectivity index is 2.45. The number of hydrogen-bond donors (Lipinski definition) is 0. The second kappa shape index (κ2) is 6.55. The largest absolute Gasteiger partial charge is 0.454 e. The lowest BCUT2D eigenvalue weighted by atomic mass is 10.2. The van der Waals surface area contributed by atoms with Crippen LogP contribution in [-0.4, -0.2) is 11.2 Å². The first kappa shape index (κ1) is 15.9. The van der Waals surface area contributed by atoms with E-state index in [1.165, 1.54) is 18.2 Å². The van der Waals surface area contributed by atoms with Crippen molar-refractivity contribution in [1.82, 2.24) is 0 Å². The monoisotopic (exact) mass is 433 g/mol. The first-order valence-corrected chi connectivity index (χ1v) is 7.45. The highest BCUT2D eigenvalue weighted by atomic mass is 79.9. The maximum absolute atomic E-state index is 11.0. The maximum atomic E-state index is 11.0. The van der Waals surface area contributed by atoms with Crippen molar-refractivity contribution in [2.45, 2.75) is 0 Å². The number of nitro groups is 1. The third-order valence-corrected chi connectivity index (χ3v) is 3.92. The first-order chi connectivity index (χ1) is 9.92. The van der Waals surface area contributed by atoms with Crippen molar-refractivity contribution in [2.75, 3.05) is 0 Å². The summed E-state index contributed by atoms with van der Waals surface area (Å²) in [5.41, 5.74) is 0.187. The standard InChI is InChI=1S/C13H6Br2ClNO4/c14-10-4-9(17(19)20)5-11(15)13(10)21-12-2-1-8(16)3-7(12)6-18/h1-6H. The van der Waals surface area contributed by atoms with Crippen molar-refractivity contribution in [3.63, 3.8) is 0 Å². The van der Waals surface area contributed by atoms with Crippen LogP contribution >= 0.6 is 43.5 Å². The summed E-state index contributed by atoms with van der Waals surface area (Å²) < 4.78 is 6.41. The van der Waals surface area contributed by atoms with E-state index in [1.54, 1.807) is 12.1 Å². The summed E-state index contributed by atoms with van der Waals surface area (Å²) in [6, 6.07) is 7.23. The average Bonchev–Trinajstić information content (AvgIpc) is 2.43. The van der Waals surface area contributed by atoms with E-state index in [1.807, 2.05) is 0 Å². The van der Waals surface area contributed by atoms with Gasteiger partial charge in [0.15, 0.2) is 12.0 Å². The minimum absolute atomic E-state index is 0.0900. The minimum Gasteiger partial charge on any atom is -0.454 e. The quantitative estimate of drug-likeness (QED) is 0.367. The Morgan fingerprint density at radius 1 is 1.19 bits per heavy atom. The van der Waals surface area contributed by atoms with Crippen LogP contribution < -0.4 is 4.74 Å². The van der Waals surface area contributed by atoms with E-state index in [-0.39, 0.29) is 11.3 Å². The molecule has 0 saturated carbocycles. The number of carbonyl (C=O) groups is 1. The minimum atomic E-state index is -0.515. The fraction of sp³-hybridized carbons (Fsp3) is 0. The third-order valence-electron chi connectivity index (χ3n) is 2.50. The van der Waals surface area contributed by atoms with Crippen molar-refractivity contribution in [3.8, 4) is 11.5 Å². The molecule has 0 aliphatic carbocycles. The van der Waals surface area contributed by atoms with Crippen molar-refractivity contribution in [3.05, 3.63) is 60.0 Å². The second-order valence-electron chi connectivity index (χ2n) is 3.90. The summed E-state index contributed by atoms with van der Waals surface area (Å²) in [6.45, 7) is 0. The number of nitro benzene ring substituents is 1. The Morgan fingerprint density at radius 3 is 2.33 bits per heavy atom. The molecular weight excluding hydrogens is 429 g/mol. The van der Waals surface area contributed by atoms with Crippen LogP contribution in [0.1, 0.15) is 10.4 Å². The molecule has 0 bridgehead atoms. The van der Waals surface area contributed by atoms with Crippen LogP contribution in [0.4, 0.5) is 5.69 Å². The summed E-state index contributed by atoms with van der Waals surface area (Å²) in [4.78, 5) is 21.3. The second-order valence-corrected chi connectivity index (χ2v) is 6.04. The molecule has 0 aliphatic heterocycles. The molecule has 0 saturated heterocycles. The Bertz CT molecular complexity index is 713. The Kier molecular flexibility index (Phi) is 4.97. The molecule has 0 spiro atoms. The third kappa shape index (κ3) is 3.61. The maximum Gasteiger partial charge on any atom is 0.271 e. The fourth-order valence-corrected chi connectivity index (χ4v) is 3.07. The molecule has 8 heteroatoms. The average molecular weight is 435 g/mol. The topological polar surface area (TPSA) is 69.4 Å². The molecule has 2 aromatic carbocycles. The lowest BCUT2D eigenvalue weighted by Gasteiger charge is -2.11. The highest BCUT2D eigenvalue weighted by Gasteiger charge is 2.17. The van der Waals surface area contributed by atoms with Crippen molar-refractivity contribution < 1.29 is 14.5 Å². The molecule has 0 aromatic heterocycles. The molecule has 0 aliphatic rings. The van der Waals surface area contributed by atoms with Gasteiger partial charge in [0.2, 0.25) is 0 Å². The predicted molar refractivity (Wildman–Crippen MR) is 85.4 cm³/mol. The van der Waals surface area contributed by atoms with Gasteiger partial charge in [-0.25, -0.2) is 0 Å².